The van der Waals surface area contributed by atoms with Gasteiger partial charge in [0.2, 0.25) is 11.8 Å². The molecular formula is C17H20N2O4. The zero-order valence-electron chi connectivity index (χ0n) is 13.0. The number of hydrogen-bond acceptors (Lipinski definition) is 3. The van der Waals surface area contributed by atoms with Crippen LogP contribution in [0.2, 0.25) is 0 Å². The fourth-order valence-electron chi connectivity index (χ4n) is 2.95. The lowest BCUT2D eigenvalue weighted by Crippen LogP contribution is -2.54. The number of nitrogens with one attached hydrogen (secondary N) is 1. The van der Waals surface area contributed by atoms with Crippen LogP contribution in [0.1, 0.15) is 31.2 Å². The molecule has 0 aromatic heterocycles. The van der Waals surface area contributed by atoms with Crippen molar-refractivity contribution < 1.29 is 19.5 Å². The molecule has 1 heterocycles. The van der Waals surface area contributed by atoms with Gasteiger partial charge in [-0.15, -0.1) is 0 Å². The van der Waals surface area contributed by atoms with E-state index in [4.69, 9.17) is 5.11 Å². The largest absolute Gasteiger partial charge is 0.480 e. The van der Waals surface area contributed by atoms with Crippen molar-refractivity contribution in [2.45, 2.75) is 38.6 Å². The number of rotatable bonds is 4. The molecule has 2 N–H and O–H groups in total. The number of aryl methyl sites for hydroxylation is 1. The van der Waals surface area contributed by atoms with E-state index in [9.17, 15) is 14.4 Å². The lowest BCUT2D eigenvalue weighted by atomic mass is 10.0. The Bertz CT molecular complexity index is 649. The quantitative estimate of drug-likeness (QED) is 0.824. The second kappa shape index (κ2) is 5.68. The predicted molar refractivity (Wildman–Crippen MR) is 84.0 cm³/mol. The normalized spacial score (nSPS) is 22.6. The van der Waals surface area contributed by atoms with Gasteiger partial charge in [0.05, 0.1) is 0 Å². The molecule has 6 heteroatoms. The van der Waals surface area contributed by atoms with E-state index in [1.54, 1.807) is 4.90 Å². The molecule has 23 heavy (non-hydrogen) atoms. The van der Waals surface area contributed by atoms with Gasteiger partial charge in [0.15, 0.2) is 0 Å². The van der Waals surface area contributed by atoms with Crippen molar-refractivity contribution in [2.24, 2.45) is 5.41 Å². The minimum absolute atomic E-state index is 0.172. The average Bonchev–Trinajstić information content (AvgIpc) is 3.32. The maximum absolute atomic E-state index is 12.6. The number of piperidine rings is 1. The third-order valence-corrected chi connectivity index (χ3v) is 4.68. The fourth-order valence-corrected chi connectivity index (χ4v) is 2.95. The molecule has 1 saturated carbocycles. The first-order chi connectivity index (χ1) is 10.9. The number of hydrogen-bond donors (Lipinski definition) is 2. The maximum Gasteiger partial charge on any atom is 0.319 e. The van der Waals surface area contributed by atoms with E-state index in [0.29, 0.717) is 25.8 Å². The Kier molecular flexibility index (Phi) is 3.83. The molecule has 3 rings (SSSR count). The Labute approximate surface area is 134 Å². The Morgan fingerprint density at radius 3 is 2.48 bits per heavy atom. The van der Waals surface area contributed by atoms with Crippen molar-refractivity contribution in [3.8, 4) is 0 Å². The summed E-state index contributed by atoms with van der Waals surface area (Å²) in [5.74, 6) is -1.81. The Morgan fingerprint density at radius 2 is 1.91 bits per heavy atom. The van der Waals surface area contributed by atoms with Gasteiger partial charge < -0.3 is 15.3 Å². The van der Waals surface area contributed by atoms with Gasteiger partial charge in [0, 0.05) is 12.2 Å². The Hall–Kier alpha value is -2.37. The number of amides is 2. The van der Waals surface area contributed by atoms with Crippen LogP contribution < -0.4 is 10.2 Å². The number of aliphatic carboxylic acids is 1. The van der Waals surface area contributed by atoms with Gasteiger partial charge in [0.1, 0.15) is 11.5 Å². The van der Waals surface area contributed by atoms with Gasteiger partial charge in [-0.1, -0.05) is 17.7 Å². The van der Waals surface area contributed by atoms with Crippen molar-refractivity contribution in [2.75, 3.05) is 11.4 Å². The van der Waals surface area contributed by atoms with Gasteiger partial charge >= 0.3 is 5.97 Å². The lowest BCUT2D eigenvalue weighted by Gasteiger charge is -2.33. The van der Waals surface area contributed by atoms with E-state index >= 15 is 0 Å². The van der Waals surface area contributed by atoms with Crippen LogP contribution in [0.5, 0.6) is 0 Å². The van der Waals surface area contributed by atoms with E-state index in [1.807, 2.05) is 31.2 Å². The van der Waals surface area contributed by atoms with Crippen LogP contribution in [0, 0.1) is 12.3 Å². The number of carboxylic acid groups (broad SMARTS) is 1. The third kappa shape index (κ3) is 2.81. The summed E-state index contributed by atoms with van der Waals surface area (Å²) in [6.07, 6.45) is 2.00. The van der Waals surface area contributed by atoms with E-state index < -0.39 is 23.3 Å². The molecule has 1 aliphatic carbocycles. The summed E-state index contributed by atoms with van der Waals surface area (Å²) in [5, 5.41) is 11.8. The zero-order chi connectivity index (χ0) is 16.6. The molecule has 122 valence electrons. The van der Waals surface area contributed by atoms with Crippen LogP contribution in [0.3, 0.4) is 0 Å². The van der Waals surface area contributed by atoms with Crippen LogP contribution in [-0.4, -0.2) is 35.5 Å². The molecule has 0 bridgehead atoms. The first-order valence-corrected chi connectivity index (χ1v) is 7.86. The third-order valence-electron chi connectivity index (χ3n) is 4.68. The number of anilines is 1. The zero-order valence-corrected chi connectivity index (χ0v) is 13.0. The number of carbonyl (C=O) groups excluding carboxylic acids is 2. The van der Waals surface area contributed by atoms with Crippen molar-refractivity contribution in [1.82, 2.24) is 5.32 Å². The lowest BCUT2D eigenvalue weighted by molar-refractivity contribution is -0.150. The van der Waals surface area contributed by atoms with Crippen molar-refractivity contribution >= 4 is 23.5 Å². The second-order valence-electron chi connectivity index (χ2n) is 6.38. The highest BCUT2D eigenvalue weighted by Gasteiger charge is 2.57. The molecule has 0 unspecified atom stereocenters. The summed E-state index contributed by atoms with van der Waals surface area (Å²) < 4.78 is 0. The first kappa shape index (κ1) is 15.5. The number of benzene rings is 1. The van der Waals surface area contributed by atoms with Gasteiger partial charge in [-0.2, -0.15) is 0 Å². The summed E-state index contributed by atoms with van der Waals surface area (Å²) >= 11 is 0. The number of nitrogens with zero attached hydrogens (tertiary/aromatic N) is 1. The Morgan fingerprint density at radius 1 is 1.26 bits per heavy atom. The van der Waals surface area contributed by atoms with Crippen LogP contribution in [0.4, 0.5) is 5.69 Å². The summed E-state index contributed by atoms with van der Waals surface area (Å²) in [6, 6.07) is 7.01. The molecule has 1 saturated heterocycles. The van der Waals surface area contributed by atoms with Gasteiger partial charge in [-0.3, -0.25) is 14.4 Å². The highest BCUT2D eigenvalue weighted by atomic mass is 16.4. The molecule has 2 fully saturated rings. The van der Waals surface area contributed by atoms with E-state index in [-0.39, 0.29) is 5.91 Å². The maximum atomic E-state index is 12.6. The molecule has 1 aliphatic heterocycles. The molecule has 6 nitrogen and oxygen atoms in total. The molecule has 0 radical (unpaired) electrons. The fraction of sp³-hybridized carbons (Fsp3) is 0.471. The van der Waals surface area contributed by atoms with E-state index in [1.165, 1.54) is 0 Å². The summed E-state index contributed by atoms with van der Waals surface area (Å²) in [4.78, 5) is 37.7. The highest BCUT2D eigenvalue weighted by Crippen LogP contribution is 2.46. The first-order valence-electron chi connectivity index (χ1n) is 7.86. The predicted octanol–water partition coefficient (Wildman–Crippen LogP) is 1.47. The topological polar surface area (TPSA) is 86.7 Å². The van der Waals surface area contributed by atoms with Crippen LogP contribution in [-0.2, 0) is 14.4 Å². The van der Waals surface area contributed by atoms with Gasteiger partial charge in [0.25, 0.3) is 0 Å². The molecule has 2 aliphatic rings. The van der Waals surface area contributed by atoms with Gasteiger partial charge in [-0.25, -0.2) is 0 Å². The van der Waals surface area contributed by atoms with Crippen LogP contribution >= 0.6 is 0 Å². The van der Waals surface area contributed by atoms with E-state index in [0.717, 1.165) is 17.7 Å². The summed E-state index contributed by atoms with van der Waals surface area (Å²) in [7, 11) is 0. The minimum Gasteiger partial charge on any atom is -0.480 e. The Balaban J connectivity index is 1.71. The monoisotopic (exact) mass is 316 g/mol. The number of carbonyl (C=O) groups is 3. The van der Waals surface area contributed by atoms with Crippen molar-refractivity contribution in [3.05, 3.63) is 29.8 Å². The second-order valence-corrected chi connectivity index (χ2v) is 6.38. The summed E-state index contributed by atoms with van der Waals surface area (Å²) in [6.45, 7) is 2.59. The molecular weight excluding hydrogens is 296 g/mol. The molecule has 0 spiro atoms. The molecule has 2 amide bonds. The molecule has 1 aromatic carbocycles. The minimum atomic E-state index is -1.31. The van der Waals surface area contributed by atoms with Gasteiger partial charge in [-0.05, 0) is 44.7 Å². The highest BCUT2D eigenvalue weighted by molar-refractivity contribution is 6.07. The smallest absolute Gasteiger partial charge is 0.319 e. The number of carboxylic acids is 1. The van der Waals surface area contributed by atoms with Crippen molar-refractivity contribution in [1.29, 1.82) is 0 Å². The standard InChI is InChI=1S/C17H20N2O4/c1-11-4-6-12(7-5-11)19-10-2-3-13(14(19)20)18-15(21)17(8-9-17)16(22)23/h4-7,13H,2-3,8-10H2,1H3,(H,18,21)(H,22,23)/t13-/m0/s1. The average molecular weight is 316 g/mol. The van der Waals surface area contributed by atoms with Crippen LogP contribution in [0.25, 0.3) is 0 Å². The summed E-state index contributed by atoms with van der Waals surface area (Å²) in [5.41, 5.74) is 0.603. The van der Waals surface area contributed by atoms with Crippen LogP contribution in [0.15, 0.2) is 24.3 Å². The molecule has 1 aromatic rings. The SMILES string of the molecule is Cc1ccc(N2CCC[C@H](NC(=O)C3(C(=O)O)CC3)C2=O)cc1. The van der Waals surface area contributed by atoms with Crippen molar-refractivity contribution in [3.63, 3.8) is 0 Å². The molecule has 1 atom stereocenters. The van der Waals surface area contributed by atoms with E-state index in [2.05, 4.69) is 5.32 Å².